The number of nitrogens with one attached hydrogen (secondary N) is 1. The molecule has 3 N–H and O–H groups in total. The molecular weight excluding hydrogens is 294 g/mol. The molecule has 0 saturated carbocycles. The van der Waals surface area contributed by atoms with E-state index in [9.17, 15) is 0 Å². The minimum absolute atomic E-state index is 0.424. The van der Waals surface area contributed by atoms with Crippen molar-refractivity contribution in [3.8, 4) is 5.69 Å². The Bertz CT molecular complexity index is 1020. The maximum Gasteiger partial charge on any atom is 0.0957 e. The molecule has 0 aliphatic carbocycles. The summed E-state index contributed by atoms with van der Waals surface area (Å²) < 4.78 is 2.07. The number of anilines is 1. The summed E-state index contributed by atoms with van der Waals surface area (Å²) in [6.07, 6.45) is 0. The molecule has 116 valence electrons. The Kier molecular flexibility index (Phi) is 3.39. The van der Waals surface area contributed by atoms with Crippen molar-refractivity contribution in [1.29, 1.82) is 5.41 Å². The van der Waals surface area contributed by atoms with Crippen molar-refractivity contribution in [1.82, 2.24) is 4.57 Å². The molecule has 0 bridgehead atoms. The highest BCUT2D eigenvalue weighted by atomic mass is 15.0. The van der Waals surface area contributed by atoms with Crippen LogP contribution in [0.5, 0.6) is 0 Å². The van der Waals surface area contributed by atoms with Crippen LogP contribution in [0.1, 0.15) is 11.3 Å². The van der Waals surface area contributed by atoms with Gasteiger partial charge in [0.2, 0.25) is 0 Å². The number of nitrogens with two attached hydrogens (primary N) is 1. The Balaban J connectivity index is 2.05. The van der Waals surface area contributed by atoms with Gasteiger partial charge >= 0.3 is 0 Å². The molecule has 24 heavy (non-hydrogen) atoms. The highest BCUT2D eigenvalue weighted by molar-refractivity contribution is 6.18. The fraction of sp³-hybridized carbons (Fsp3) is 0. The Labute approximate surface area is 140 Å². The molecule has 4 rings (SSSR count). The van der Waals surface area contributed by atoms with E-state index >= 15 is 0 Å². The van der Waals surface area contributed by atoms with Crippen molar-refractivity contribution in [2.45, 2.75) is 0 Å². The van der Waals surface area contributed by atoms with Gasteiger partial charge in [0.1, 0.15) is 0 Å². The average Bonchev–Trinajstić information content (AvgIpc) is 2.95. The van der Waals surface area contributed by atoms with Crippen molar-refractivity contribution in [3.63, 3.8) is 0 Å². The molecule has 0 aliphatic heterocycles. The van der Waals surface area contributed by atoms with Crippen molar-refractivity contribution in [3.05, 3.63) is 96.2 Å². The topological polar surface area (TPSA) is 54.8 Å². The molecule has 3 aromatic carbocycles. The summed E-state index contributed by atoms with van der Waals surface area (Å²) >= 11 is 0. The smallest absolute Gasteiger partial charge is 0.0957 e. The Hall–Kier alpha value is -3.33. The predicted molar refractivity (Wildman–Crippen MR) is 100 cm³/mol. The second-order valence-electron chi connectivity index (χ2n) is 5.69. The Morgan fingerprint density at radius 2 is 1.33 bits per heavy atom. The SMILES string of the molecule is N=C(c1ccccc1)c1c(N)c2ccccc2n1-c1ccccc1. The third kappa shape index (κ3) is 2.18. The lowest BCUT2D eigenvalue weighted by atomic mass is 10.1. The summed E-state index contributed by atoms with van der Waals surface area (Å²) in [6, 6.07) is 27.8. The first-order valence-corrected chi connectivity index (χ1v) is 7.86. The van der Waals surface area contributed by atoms with Crippen molar-refractivity contribution < 1.29 is 0 Å². The van der Waals surface area contributed by atoms with E-state index in [0.29, 0.717) is 11.4 Å². The van der Waals surface area contributed by atoms with Gasteiger partial charge in [-0.1, -0.05) is 66.7 Å². The fourth-order valence-corrected chi connectivity index (χ4v) is 3.10. The van der Waals surface area contributed by atoms with E-state index in [4.69, 9.17) is 11.1 Å². The van der Waals surface area contributed by atoms with Crippen molar-refractivity contribution in [2.75, 3.05) is 5.73 Å². The third-order valence-corrected chi connectivity index (χ3v) is 4.23. The number of hydrogen-bond acceptors (Lipinski definition) is 2. The summed E-state index contributed by atoms with van der Waals surface area (Å²) in [7, 11) is 0. The van der Waals surface area contributed by atoms with E-state index in [1.54, 1.807) is 0 Å². The van der Waals surface area contributed by atoms with Gasteiger partial charge in [0.05, 0.1) is 22.6 Å². The highest BCUT2D eigenvalue weighted by Crippen LogP contribution is 2.33. The summed E-state index contributed by atoms with van der Waals surface area (Å²) in [5, 5.41) is 9.70. The van der Waals surface area contributed by atoms with Gasteiger partial charge in [-0.05, 0) is 18.2 Å². The van der Waals surface area contributed by atoms with Crippen LogP contribution in [0, 0.1) is 5.41 Å². The van der Waals surface area contributed by atoms with Crippen molar-refractivity contribution in [2.24, 2.45) is 0 Å². The van der Waals surface area contributed by atoms with Gasteiger partial charge < -0.3 is 10.3 Å². The van der Waals surface area contributed by atoms with Crippen LogP contribution in [-0.4, -0.2) is 10.3 Å². The molecule has 0 fully saturated rings. The number of nitrogen functional groups attached to an aromatic ring is 1. The van der Waals surface area contributed by atoms with Gasteiger partial charge in [-0.3, -0.25) is 5.41 Å². The molecule has 0 amide bonds. The Morgan fingerprint density at radius 1 is 0.750 bits per heavy atom. The molecule has 1 heterocycles. The van der Waals surface area contributed by atoms with Gasteiger partial charge in [0.25, 0.3) is 0 Å². The largest absolute Gasteiger partial charge is 0.396 e. The van der Waals surface area contributed by atoms with Gasteiger partial charge in [-0.2, -0.15) is 0 Å². The molecular formula is C21H17N3. The summed E-state index contributed by atoms with van der Waals surface area (Å²) in [5.41, 5.74) is 11.1. The lowest BCUT2D eigenvalue weighted by Gasteiger charge is -2.12. The zero-order valence-electron chi connectivity index (χ0n) is 13.1. The molecule has 3 nitrogen and oxygen atoms in total. The summed E-state index contributed by atoms with van der Waals surface area (Å²) in [5.74, 6) is 0. The molecule has 0 unspecified atom stereocenters. The van der Waals surface area contributed by atoms with Gasteiger partial charge in [-0.15, -0.1) is 0 Å². The lowest BCUT2D eigenvalue weighted by Crippen LogP contribution is -2.11. The molecule has 4 aromatic rings. The molecule has 3 heteroatoms. The number of rotatable bonds is 3. The quantitative estimate of drug-likeness (QED) is 0.533. The first-order valence-electron chi connectivity index (χ1n) is 7.86. The number of fused-ring (bicyclic) bond motifs is 1. The minimum atomic E-state index is 0.424. The molecule has 0 saturated heterocycles. The van der Waals surface area contributed by atoms with Crippen LogP contribution in [0.4, 0.5) is 5.69 Å². The van der Waals surface area contributed by atoms with Crippen LogP contribution in [0.15, 0.2) is 84.9 Å². The fourth-order valence-electron chi connectivity index (χ4n) is 3.10. The zero-order valence-corrected chi connectivity index (χ0v) is 13.1. The maximum absolute atomic E-state index is 8.73. The third-order valence-electron chi connectivity index (χ3n) is 4.23. The van der Waals surface area contributed by atoms with E-state index in [2.05, 4.69) is 4.57 Å². The number of nitrogens with zero attached hydrogens (tertiary/aromatic N) is 1. The van der Waals surface area contributed by atoms with Crippen LogP contribution in [0.3, 0.4) is 0 Å². The van der Waals surface area contributed by atoms with E-state index in [-0.39, 0.29) is 0 Å². The number of para-hydroxylation sites is 2. The van der Waals surface area contributed by atoms with Crippen LogP contribution in [-0.2, 0) is 0 Å². The van der Waals surface area contributed by atoms with E-state index in [0.717, 1.165) is 27.8 Å². The normalized spacial score (nSPS) is 10.8. The average molecular weight is 311 g/mol. The Morgan fingerprint density at radius 3 is 2.04 bits per heavy atom. The van der Waals surface area contributed by atoms with Gasteiger partial charge in [0, 0.05) is 16.6 Å². The predicted octanol–water partition coefficient (Wildman–Crippen LogP) is 4.63. The van der Waals surface area contributed by atoms with Crippen LogP contribution in [0.2, 0.25) is 0 Å². The highest BCUT2D eigenvalue weighted by Gasteiger charge is 2.20. The first-order chi connectivity index (χ1) is 11.8. The van der Waals surface area contributed by atoms with E-state index in [1.807, 2.05) is 84.9 Å². The van der Waals surface area contributed by atoms with Crippen LogP contribution in [0.25, 0.3) is 16.6 Å². The standard InChI is InChI=1S/C21H17N3/c22-19(15-9-3-1-4-10-15)21-20(23)17-13-7-8-14-18(17)24(21)16-11-5-2-6-12-16/h1-14,22H,23H2. The van der Waals surface area contributed by atoms with Crippen LogP contribution < -0.4 is 5.73 Å². The van der Waals surface area contributed by atoms with E-state index < -0.39 is 0 Å². The van der Waals surface area contributed by atoms with E-state index in [1.165, 1.54) is 0 Å². The monoisotopic (exact) mass is 311 g/mol. The number of benzene rings is 3. The van der Waals surface area contributed by atoms with Crippen molar-refractivity contribution >= 4 is 22.3 Å². The molecule has 1 aromatic heterocycles. The summed E-state index contributed by atoms with van der Waals surface area (Å²) in [4.78, 5) is 0. The molecule has 0 radical (unpaired) electrons. The number of aromatic nitrogens is 1. The second kappa shape index (κ2) is 5.70. The molecule has 0 aliphatic rings. The maximum atomic E-state index is 8.73. The number of hydrogen-bond donors (Lipinski definition) is 2. The lowest BCUT2D eigenvalue weighted by molar-refractivity contribution is 1.10. The minimum Gasteiger partial charge on any atom is -0.396 e. The van der Waals surface area contributed by atoms with Gasteiger partial charge in [-0.25, -0.2) is 0 Å². The van der Waals surface area contributed by atoms with Gasteiger partial charge in [0.15, 0.2) is 0 Å². The second-order valence-corrected chi connectivity index (χ2v) is 5.69. The molecule has 0 spiro atoms. The zero-order chi connectivity index (χ0) is 16.5. The molecule has 0 atom stereocenters. The summed E-state index contributed by atoms with van der Waals surface area (Å²) in [6.45, 7) is 0. The first kappa shape index (κ1) is 14.3. The van der Waals surface area contributed by atoms with Crippen LogP contribution >= 0.6 is 0 Å².